The lowest BCUT2D eigenvalue weighted by Gasteiger charge is -2.31. The van der Waals surface area contributed by atoms with Crippen LogP contribution < -0.4 is 42.8 Å². The molecule has 0 bridgehead atoms. The van der Waals surface area contributed by atoms with Gasteiger partial charge >= 0.3 is 5.97 Å². The number of pyridine rings is 2. The van der Waals surface area contributed by atoms with Crippen molar-refractivity contribution in [2.75, 3.05) is 152 Å². The number of esters is 1. The number of aliphatic hydroxyl groups is 2. The third-order valence-corrected chi connectivity index (χ3v) is 17.3. The zero-order valence-corrected chi connectivity index (χ0v) is 58.2. The minimum absolute atomic E-state index is 0.0186. The predicted molar refractivity (Wildman–Crippen MR) is 364 cm³/mol. The smallest absolute Gasteiger partial charge is 0.343 e. The Morgan fingerprint density at radius 1 is 0.654 bits per heavy atom. The summed E-state index contributed by atoms with van der Waals surface area (Å²) in [5.74, 6) is -6.49. The third kappa shape index (κ3) is 23.5. The molecule has 566 valence electrons. The number of carbonyl (C=O) groups is 10. The second-order valence-corrected chi connectivity index (χ2v) is 24.4. The third-order valence-electron chi connectivity index (χ3n) is 17.3. The number of benzene rings is 2. The molecule has 3 aliphatic heterocycles. The zero-order chi connectivity index (χ0) is 74.4. The van der Waals surface area contributed by atoms with Crippen molar-refractivity contribution in [2.45, 2.75) is 95.7 Å². The van der Waals surface area contributed by atoms with E-state index in [2.05, 4.69) is 37.2 Å². The number of aryl methyl sites for hydroxylation is 1. The number of halogens is 1. The predicted octanol–water partition coefficient (Wildman–Crippen LogP) is -1.50. The first-order valence-electron chi connectivity index (χ1n) is 34.5. The van der Waals surface area contributed by atoms with Gasteiger partial charge in [-0.25, -0.2) is 14.2 Å². The molecule has 0 radical (unpaired) electrons. The van der Waals surface area contributed by atoms with Crippen LogP contribution in [0.4, 0.5) is 4.39 Å². The van der Waals surface area contributed by atoms with E-state index in [1.165, 1.54) is 22.8 Å². The molecule has 33 nitrogen and oxygen atoms in total. The van der Waals surface area contributed by atoms with Crippen molar-refractivity contribution in [1.82, 2.24) is 51.7 Å². The average Bonchev–Trinajstić information content (AvgIpc) is 1.47. The van der Waals surface area contributed by atoms with Crippen LogP contribution in [-0.4, -0.2) is 248 Å². The fourth-order valence-electron chi connectivity index (χ4n) is 11.7. The van der Waals surface area contributed by atoms with Gasteiger partial charge in [0.1, 0.15) is 31.3 Å². The molecule has 0 fully saturated rings. The fraction of sp³-hybridized carbons (Fsp3) is 0.543. The minimum atomic E-state index is -2.07. The highest BCUT2D eigenvalue weighted by molar-refractivity contribution is 6.13. The Morgan fingerprint density at radius 3 is 1.85 bits per heavy atom. The van der Waals surface area contributed by atoms with Crippen molar-refractivity contribution >= 4 is 70.0 Å². The molecule has 0 spiro atoms. The zero-order valence-electron chi connectivity index (χ0n) is 58.2. The molecule has 8 rings (SSSR count). The van der Waals surface area contributed by atoms with Crippen molar-refractivity contribution in [1.29, 1.82) is 0 Å². The van der Waals surface area contributed by atoms with E-state index < -0.39 is 108 Å². The van der Waals surface area contributed by atoms with Crippen LogP contribution in [-0.2, 0) is 127 Å². The lowest BCUT2D eigenvalue weighted by Crippen LogP contribution is -2.52. The molecule has 2 aromatic carbocycles. The summed E-state index contributed by atoms with van der Waals surface area (Å²) in [5.41, 5.74) is 1.56. The van der Waals surface area contributed by atoms with E-state index in [0.29, 0.717) is 150 Å². The van der Waals surface area contributed by atoms with E-state index in [4.69, 9.17) is 52.4 Å². The average molecular weight is 1460 g/mol. The Balaban J connectivity index is 0.611. The number of nitrogens with zero attached hydrogens (tertiary/aromatic N) is 3. The largest absolute Gasteiger partial charge is 0.458 e. The van der Waals surface area contributed by atoms with E-state index in [0.717, 1.165) is 4.90 Å². The summed E-state index contributed by atoms with van der Waals surface area (Å²) in [5, 5.41) is 41.0. The van der Waals surface area contributed by atoms with Gasteiger partial charge in [0.05, 0.1) is 167 Å². The molecule has 0 saturated heterocycles. The van der Waals surface area contributed by atoms with Gasteiger partial charge in [-0.05, 0) is 54.5 Å². The number of nitrogens with one attached hydrogen (secondary N) is 7. The summed E-state index contributed by atoms with van der Waals surface area (Å²) in [4.78, 5) is 145. The summed E-state index contributed by atoms with van der Waals surface area (Å²) in [7, 11) is 0. The van der Waals surface area contributed by atoms with Gasteiger partial charge in [0.25, 0.3) is 17.4 Å². The van der Waals surface area contributed by atoms with Crippen molar-refractivity contribution in [3.63, 3.8) is 0 Å². The summed E-state index contributed by atoms with van der Waals surface area (Å²) >= 11 is 0. The first kappa shape index (κ1) is 80.6. The van der Waals surface area contributed by atoms with E-state index in [1.807, 2.05) is 0 Å². The van der Waals surface area contributed by atoms with Gasteiger partial charge in [-0.1, -0.05) is 37.3 Å². The first-order chi connectivity index (χ1) is 50.3. The Morgan fingerprint density at radius 2 is 1.22 bits per heavy atom. The molecule has 4 atom stereocenters. The van der Waals surface area contributed by atoms with Crippen molar-refractivity contribution in [2.24, 2.45) is 0 Å². The number of aliphatic hydroxyl groups excluding tert-OH is 1. The molecule has 4 aromatic rings. The lowest BCUT2D eigenvalue weighted by atomic mass is 9.81. The molecule has 4 aliphatic rings. The number of hydrogen-bond acceptors (Lipinski definition) is 24. The van der Waals surface area contributed by atoms with Gasteiger partial charge in [-0.3, -0.25) is 52.8 Å². The van der Waals surface area contributed by atoms with Gasteiger partial charge in [0.2, 0.25) is 41.4 Å². The number of hydrogen-bond donors (Lipinski definition) is 9. The second-order valence-electron chi connectivity index (χ2n) is 24.4. The van der Waals surface area contributed by atoms with Crippen LogP contribution in [0.3, 0.4) is 0 Å². The second kappa shape index (κ2) is 41.4. The number of fused-ring (bicyclic) bond motifs is 5. The number of cyclic esters (lactones) is 1. The van der Waals surface area contributed by atoms with Gasteiger partial charge in [-0.15, -0.1) is 0 Å². The van der Waals surface area contributed by atoms with E-state index in [-0.39, 0.29) is 108 Å². The Labute approximate surface area is 598 Å². The SMILES string of the molecule is CC[C@@]1(O)C(=O)OCc2c1cc1n(c2=O)Cc2c-1nc1cc(F)c(C)c3c1c2[C@@H](NC(=O)[C@H](O)CCOCNC(=O)CNC(=O)[C@H](Cc1ccccc1)NC(=O)CNC(=O)CNC(=O)CCOCCOCCOCCOCCOCCOCCOCCOCCNC(=O)CCN1C(=O)C=CC1=O)CC3. The quantitative estimate of drug-likeness (QED) is 0.00926. The highest BCUT2D eigenvalue weighted by Crippen LogP contribution is 2.46. The molecular formula is C70H91FN10O23. The summed E-state index contributed by atoms with van der Waals surface area (Å²) in [6.45, 7) is 6.43. The number of amides is 9. The van der Waals surface area contributed by atoms with Crippen LogP contribution in [0.2, 0.25) is 0 Å². The Kier molecular flexibility index (Phi) is 32.1. The summed E-state index contributed by atoms with van der Waals surface area (Å²) in [6.07, 6.45) is 1.19. The fourth-order valence-corrected chi connectivity index (χ4v) is 11.7. The summed E-state index contributed by atoms with van der Waals surface area (Å²) < 4.78 is 71.3. The Hall–Kier alpha value is -9.07. The van der Waals surface area contributed by atoms with Crippen molar-refractivity contribution in [3.05, 3.63) is 110 Å². The molecule has 9 N–H and O–H groups in total. The maximum Gasteiger partial charge on any atom is 0.343 e. The van der Waals surface area contributed by atoms with Gasteiger partial charge in [-0.2, -0.15) is 0 Å². The number of ether oxygens (including phenoxy) is 10. The molecule has 104 heavy (non-hydrogen) atoms. The number of aromatic nitrogens is 2. The maximum absolute atomic E-state index is 15.4. The molecule has 0 unspecified atom stereocenters. The normalized spacial score (nSPS) is 16.1. The number of imide groups is 1. The van der Waals surface area contributed by atoms with Crippen LogP contribution >= 0.6 is 0 Å². The highest BCUT2D eigenvalue weighted by atomic mass is 19.1. The minimum Gasteiger partial charge on any atom is -0.458 e. The molecule has 34 heteroatoms. The standard InChI is InChI=1S/C70H91FN10O23/c1-3-70(94)49-36-54-65-47(41-81(54)68(92)48(49)42-104-69(70)93)64-51(10-9-46-44(2)50(71)37-52(78-65)63(46)64)79-67(91)55(82)14-18-103-43-76-59(86)39-75-66(90)53(35-45-7-5-4-6-8-45)77-60(87)40-74-58(85)38-73-57(84)15-19-95-21-23-97-25-27-99-29-31-101-33-34-102-32-30-100-28-26-98-24-22-96-20-16-72-56(83)13-17-80-61(88)11-12-62(80)89/h4-8,11-12,36-37,51,53,55,82,94H,3,9-10,13-35,38-43H2,1-2H3,(H,72,83)(H,73,84)(H,74,85)(H,75,90)(H,76,86)(H,77,87)(H,79,91)/t51-,53-,55+,70-/m0/s1. The van der Waals surface area contributed by atoms with Crippen molar-refractivity contribution < 1.29 is 110 Å². The van der Waals surface area contributed by atoms with Crippen LogP contribution in [0.15, 0.2) is 59.4 Å². The van der Waals surface area contributed by atoms with Gasteiger partial charge in [0, 0.05) is 73.5 Å². The number of carbonyl (C=O) groups excluding carboxylic acids is 10. The van der Waals surface area contributed by atoms with E-state index in [1.54, 1.807) is 50.2 Å². The molecule has 0 saturated carbocycles. The molecular weight excluding hydrogens is 1370 g/mol. The van der Waals surface area contributed by atoms with Crippen LogP contribution in [0.25, 0.3) is 22.3 Å². The number of rotatable bonds is 48. The van der Waals surface area contributed by atoms with Gasteiger partial charge in [0.15, 0.2) is 5.60 Å². The van der Waals surface area contributed by atoms with Crippen LogP contribution in [0.1, 0.15) is 84.0 Å². The summed E-state index contributed by atoms with van der Waals surface area (Å²) in [6, 6.07) is 9.69. The first-order valence-corrected chi connectivity index (χ1v) is 34.5. The van der Waals surface area contributed by atoms with Crippen molar-refractivity contribution in [3.8, 4) is 11.4 Å². The molecule has 1 aliphatic carbocycles. The monoisotopic (exact) mass is 1460 g/mol. The molecule has 2 aromatic heterocycles. The van der Waals surface area contributed by atoms with Gasteiger partial charge < -0.3 is 99.4 Å². The molecule has 5 heterocycles. The van der Waals surface area contributed by atoms with E-state index >= 15 is 4.39 Å². The van der Waals surface area contributed by atoms with Crippen LogP contribution in [0.5, 0.6) is 0 Å². The van der Waals surface area contributed by atoms with E-state index in [9.17, 15) is 63.0 Å². The highest BCUT2D eigenvalue weighted by Gasteiger charge is 2.46. The topological polar surface area (TPSA) is 426 Å². The van der Waals surface area contributed by atoms with Crippen LogP contribution in [0, 0.1) is 12.7 Å². The maximum atomic E-state index is 15.4. The Bertz CT molecular complexity index is 3750. The lowest BCUT2D eigenvalue weighted by molar-refractivity contribution is -0.172. The molecule has 9 amide bonds.